The largest absolute Gasteiger partial charge is 0.381 e. The van der Waals surface area contributed by atoms with Gasteiger partial charge < -0.3 is 23.7 Å². The standard InChI is InChI=1S/C26H39NO2.C24H37BrO2.C4H8O/c1-18(5-4-14-27)21-8-9-22-20-7-6-19-17-26(28-15-16-29-26)13-12-24(19,2)23(20)10-11-25(21,22)3;1-16(15-25)19-6-7-20-18-5-4-17-14-24(26-12-13-27-24)11-10-22(17,2)21(18)8-9-23(19,20)3;1-2-4-5-3-1/h17-18,20-23H,4-13,15-16H2,1-3H3;14,16,18-21H,4-13,15H2,1-3H3;1-4H2/t18-,20?,21?,22?,23?,24+,25-;16-,18?,19?,20?,21?,22+,23-;/m11./s1. The molecule has 8 aliphatic carbocycles. The number of halogens is 1. The maximum atomic E-state index is 9.05. The Kier molecular flexibility index (Phi) is 13.3. The minimum Gasteiger partial charge on any atom is -0.381 e. The van der Waals surface area contributed by atoms with Crippen molar-refractivity contribution in [2.75, 3.05) is 45.0 Å². The second-order valence-corrected chi connectivity index (χ2v) is 24.3. The molecule has 0 aromatic heterocycles. The van der Waals surface area contributed by atoms with Gasteiger partial charge in [-0.25, -0.2) is 0 Å². The van der Waals surface area contributed by atoms with Gasteiger partial charge in [-0.1, -0.05) is 68.6 Å². The predicted molar refractivity (Wildman–Crippen MR) is 247 cm³/mol. The Bertz CT molecular complexity index is 1650. The highest BCUT2D eigenvalue weighted by atomic mass is 79.9. The van der Waals surface area contributed by atoms with E-state index in [0.717, 1.165) is 119 Å². The molecule has 0 amide bonds. The molecular formula is C54H84BrNO5. The third-order valence-corrected chi connectivity index (χ3v) is 22.1. The van der Waals surface area contributed by atoms with Crippen molar-refractivity contribution in [3.63, 3.8) is 0 Å². The van der Waals surface area contributed by atoms with Crippen molar-refractivity contribution in [3.05, 3.63) is 23.3 Å². The van der Waals surface area contributed by atoms with Gasteiger partial charge in [0.15, 0.2) is 11.6 Å². The summed E-state index contributed by atoms with van der Waals surface area (Å²) in [7, 11) is 0. The smallest absolute Gasteiger partial charge is 0.188 e. The highest BCUT2D eigenvalue weighted by molar-refractivity contribution is 9.09. The molecule has 14 atom stereocenters. The van der Waals surface area contributed by atoms with Gasteiger partial charge in [0, 0.05) is 37.8 Å². The van der Waals surface area contributed by atoms with Crippen LogP contribution in [0.4, 0.5) is 0 Å². The number of nitrogens with zero attached hydrogens (tertiary/aromatic N) is 1. The van der Waals surface area contributed by atoms with Gasteiger partial charge in [0.2, 0.25) is 0 Å². The van der Waals surface area contributed by atoms with Crippen LogP contribution in [0.3, 0.4) is 0 Å². The molecular weight excluding hydrogens is 822 g/mol. The highest BCUT2D eigenvalue weighted by Crippen LogP contribution is 2.70. The summed E-state index contributed by atoms with van der Waals surface area (Å²) in [6, 6.07) is 2.38. The van der Waals surface area contributed by atoms with Crippen molar-refractivity contribution in [2.24, 2.45) is 80.8 Å². The molecule has 2 spiro atoms. The van der Waals surface area contributed by atoms with Crippen molar-refractivity contribution in [2.45, 2.75) is 182 Å². The number of hydrogen-bond acceptors (Lipinski definition) is 6. The second-order valence-electron chi connectivity index (χ2n) is 23.6. The van der Waals surface area contributed by atoms with Crippen LogP contribution in [-0.2, 0) is 23.7 Å². The Hall–Kier alpha value is -0.750. The van der Waals surface area contributed by atoms with Gasteiger partial charge in [-0.05, 0) is 202 Å². The zero-order chi connectivity index (χ0) is 42.7. The number of allylic oxidation sites excluding steroid dienone is 2. The molecule has 11 aliphatic rings. The van der Waals surface area contributed by atoms with Crippen molar-refractivity contribution in [1.29, 1.82) is 5.26 Å². The average Bonchev–Trinajstić information content (AvgIpc) is 4.13. The summed E-state index contributed by atoms with van der Waals surface area (Å²) in [5.41, 5.74) is 5.15. The first-order chi connectivity index (χ1) is 29.3. The van der Waals surface area contributed by atoms with E-state index >= 15 is 0 Å². The van der Waals surface area contributed by atoms with Crippen LogP contribution in [0.5, 0.6) is 0 Å². The number of alkyl halides is 1. The van der Waals surface area contributed by atoms with E-state index in [1.807, 2.05) is 0 Å². The van der Waals surface area contributed by atoms with E-state index in [2.05, 4.69) is 75.7 Å². The molecule has 3 saturated heterocycles. The summed E-state index contributed by atoms with van der Waals surface area (Å²) in [5.74, 6) is 7.90. The molecule has 0 aromatic carbocycles. The van der Waals surface area contributed by atoms with E-state index in [0.29, 0.717) is 27.6 Å². The van der Waals surface area contributed by atoms with Gasteiger partial charge >= 0.3 is 0 Å². The van der Waals surface area contributed by atoms with E-state index in [9.17, 15) is 0 Å². The summed E-state index contributed by atoms with van der Waals surface area (Å²) in [4.78, 5) is 0. The fraction of sp³-hybridized carbons (Fsp3) is 0.907. The summed E-state index contributed by atoms with van der Waals surface area (Å²) in [6.45, 7) is 20.4. The van der Waals surface area contributed by atoms with Crippen LogP contribution in [0.25, 0.3) is 0 Å². The lowest BCUT2D eigenvalue weighted by molar-refractivity contribution is -0.144. The maximum Gasteiger partial charge on any atom is 0.188 e. The molecule has 11 rings (SSSR count). The molecule has 0 bridgehead atoms. The van der Waals surface area contributed by atoms with Crippen molar-refractivity contribution in [1.82, 2.24) is 0 Å². The summed E-state index contributed by atoms with van der Waals surface area (Å²) < 4.78 is 29.1. The number of nitriles is 1. The number of ether oxygens (including phenoxy) is 5. The van der Waals surface area contributed by atoms with Gasteiger partial charge in [-0.3, -0.25) is 0 Å². The minimum atomic E-state index is -0.389. The second kappa shape index (κ2) is 17.8. The van der Waals surface area contributed by atoms with Crippen LogP contribution in [0.2, 0.25) is 0 Å². The van der Waals surface area contributed by atoms with Crippen LogP contribution in [0.1, 0.15) is 170 Å². The van der Waals surface area contributed by atoms with Gasteiger partial charge in [0.1, 0.15) is 0 Å². The summed E-state index contributed by atoms with van der Waals surface area (Å²) >= 11 is 3.79. The lowest BCUT2D eigenvalue weighted by atomic mass is 9.46. The quantitative estimate of drug-likeness (QED) is 0.202. The fourth-order valence-electron chi connectivity index (χ4n) is 17.8. The van der Waals surface area contributed by atoms with E-state index in [4.69, 9.17) is 28.9 Å². The molecule has 3 aliphatic heterocycles. The Balaban J connectivity index is 0.000000140. The topological polar surface area (TPSA) is 69.9 Å². The number of fused-ring (bicyclic) bond motifs is 10. The van der Waals surface area contributed by atoms with Gasteiger partial charge in [0.05, 0.1) is 32.5 Å². The van der Waals surface area contributed by atoms with Gasteiger partial charge in [-0.2, -0.15) is 5.26 Å². The first kappa shape index (κ1) is 45.4. The number of rotatable bonds is 5. The molecule has 0 N–H and O–H groups in total. The molecule has 6 saturated carbocycles. The maximum absolute atomic E-state index is 9.05. The lowest BCUT2D eigenvalue weighted by Gasteiger charge is -2.59. The molecule has 8 unspecified atom stereocenters. The molecule has 9 fully saturated rings. The van der Waals surface area contributed by atoms with E-state index in [1.54, 1.807) is 11.1 Å². The van der Waals surface area contributed by atoms with Crippen LogP contribution in [0, 0.1) is 92.2 Å². The summed E-state index contributed by atoms with van der Waals surface area (Å²) in [6.07, 6.45) is 30.5. The molecule has 3 heterocycles. The molecule has 61 heavy (non-hydrogen) atoms. The van der Waals surface area contributed by atoms with Gasteiger partial charge in [0.25, 0.3) is 0 Å². The Morgan fingerprint density at radius 3 is 1.46 bits per heavy atom. The molecule has 6 nitrogen and oxygen atoms in total. The zero-order valence-corrected chi connectivity index (χ0v) is 41.0. The molecule has 0 radical (unpaired) electrons. The van der Waals surface area contributed by atoms with Crippen LogP contribution in [-0.4, -0.2) is 56.5 Å². The van der Waals surface area contributed by atoms with Crippen LogP contribution in [0.15, 0.2) is 23.3 Å². The van der Waals surface area contributed by atoms with Crippen molar-refractivity contribution in [3.8, 4) is 6.07 Å². The Labute approximate surface area is 379 Å². The van der Waals surface area contributed by atoms with E-state index < -0.39 is 0 Å². The molecule has 342 valence electrons. The monoisotopic (exact) mass is 906 g/mol. The van der Waals surface area contributed by atoms with E-state index in [1.165, 1.54) is 108 Å². The van der Waals surface area contributed by atoms with Crippen molar-refractivity contribution < 1.29 is 23.7 Å². The normalized spacial score (nSPS) is 45.8. The van der Waals surface area contributed by atoms with E-state index in [-0.39, 0.29) is 11.6 Å². The average molecular weight is 907 g/mol. The fourth-order valence-corrected chi connectivity index (χ4v) is 18.3. The summed E-state index contributed by atoms with van der Waals surface area (Å²) in [5, 5.41) is 10.2. The van der Waals surface area contributed by atoms with Crippen LogP contribution >= 0.6 is 15.9 Å². The third kappa shape index (κ3) is 7.95. The van der Waals surface area contributed by atoms with Crippen LogP contribution < -0.4 is 0 Å². The third-order valence-electron chi connectivity index (χ3n) is 21.1. The zero-order valence-electron chi connectivity index (χ0n) is 39.4. The lowest BCUT2D eigenvalue weighted by Crippen LogP contribution is -2.52. The number of hydrogen-bond donors (Lipinski definition) is 0. The first-order valence-corrected chi connectivity index (χ1v) is 27.0. The Morgan fingerprint density at radius 2 is 1.05 bits per heavy atom. The van der Waals surface area contributed by atoms with Gasteiger partial charge in [-0.15, -0.1) is 0 Å². The SMILES string of the molecule is C1CCOC1.C[C@H](CBr)C1CCC2C3CCC4=CC5(CC[C@]4(C)C3CC[C@@]21C)OCCO5.C[C@H](CCC#N)C1CCC2C3CCC4=CC5(CC[C@]4(C)C3CC[C@@]21C)OCCO5. The molecule has 0 aromatic rings. The predicted octanol–water partition coefficient (Wildman–Crippen LogP) is 13.4. The minimum absolute atomic E-state index is 0.356. The first-order valence-electron chi connectivity index (χ1n) is 25.8. The Morgan fingerprint density at radius 1 is 0.590 bits per heavy atom. The highest BCUT2D eigenvalue weighted by Gasteiger charge is 2.62. The molecule has 7 heteroatoms. The van der Waals surface area contributed by atoms with Crippen molar-refractivity contribution >= 4 is 15.9 Å².